The Bertz CT molecular complexity index is 377. The quantitative estimate of drug-likeness (QED) is 0.610. The van der Waals surface area contributed by atoms with Crippen molar-refractivity contribution in [2.75, 3.05) is 18.9 Å². The molecule has 0 heterocycles. The highest BCUT2D eigenvalue weighted by Crippen LogP contribution is 2.20. The topological polar surface area (TPSA) is 61.5 Å². The van der Waals surface area contributed by atoms with Crippen LogP contribution < -0.4 is 10.5 Å². The first-order chi connectivity index (χ1) is 8.19. The summed E-state index contributed by atoms with van der Waals surface area (Å²) in [6.07, 6.45) is 1.73. The van der Waals surface area contributed by atoms with Gasteiger partial charge in [0.15, 0.2) is 0 Å². The first kappa shape index (κ1) is 13.4. The van der Waals surface area contributed by atoms with Gasteiger partial charge in [-0.2, -0.15) is 0 Å². The zero-order valence-corrected chi connectivity index (χ0v) is 10.4. The highest BCUT2D eigenvalue weighted by atomic mass is 16.5. The summed E-state index contributed by atoms with van der Waals surface area (Å²) in [5.74, 6) is 0.294. The van der Waals surface area contributed by atoms with Crippen molar-refractivity contribution in [2.45, 2.75) is 26.7 Å². The molecule has 0 saturated heterocycles. The average Bonchev–Trinajstić information content (AvgIpc) is 2.33. The van der Waals surface area contributed by atoms with E-state index in [-0.39, 0.29) is 5.97 Å². The van der Waals surface area contributed by atoms with Crippen molar-refractivity contribution >= 4 is 11.7 Å². The largest absolute Gasteiger partial charge is 0.494 e. The molecular formula is C13H19NO3. The molecule has 0 aliphatic rings. The molecular weight excluding hydrogens is 218 g/mol. The van der Waals surface area contributed by atoms with E-state index in [1.807, 2.05) is 13.8 Å². The van der Waals surface area contributed by atoms with Crippen LogP contribution in [0.5, 0.6) is 5.75 Å². The third-order valence-corrected chi connectivity index (χ3v) is 2.15. The lowest BCUT2D eigenvalue weighted by atomic mass is 10.2. The lowest BCUT2D eigenvalue weighted by molar-refractivity contribution is 0.0506. The first-order valence-electron chi connectivity index (χ1n) is 5.88. The van der Waals surface area contributed by atoms with E-state index in [2.05, 4.69) is 0 Å². The van der Waals surface area contributed by atoms with E-state index in [1.54, 1.807) is 18.2 Å². The zero-order chi connectivity index (χ0) is 12.7. The number of carbonyl (C=O) groups is 1. The molecule has 4 nitrogen and oxygen atoms in total. The predicted molar refractivity (Wildman–Crippen MR) is 67.2 cm³/mol. The molecule has 1 aromatic rings. The minimum atomic E-state index is -0.383. The van der Waals surface area contributed by atoms with Crippen molar-refractivity contribution in [3.8, 4) is 5.75 Å². The molecule has 4 heteroatoms. The van der Waals surface area contributed by atoms with Gasteiger partial charge in [-0.3, -0.25) is 0 Å². The van der Waals surface area contributed by atoms with Gasteiger partial charge in [-0.1, -0.05) is 13.8 Å². The second-order valence-electron chi connectivity index (χ2n) is 3.73. The number of nitrogens with two attached hydrogens (primary N) is 1. The lowest BCUT2D eigenvalue weighted by Crippen LogP contribution is -2.09. The third-order valence-electron chi connectivity index (χ3n) is 2.15. The molecule has 94 valence electrons. The van der Waals surface area contributed by atoms with Gasteiger partial charge in [0, 0.05) is 11.8 Å². The summed E-state index contributed by atoms with van der Waals surface area (Å²) in [6, 6.07) is 5.02. The predicted octanol–water partition coefficient (Wildman–Crippen LogP) is 2.62. The molecule has 0 fully saturated rings. The number of hydrogen-bond donors (Lipinski definition) is 1. The maximum absolute atomic E-state index is 11.6. The highest BCUT2D eigenvalue weighted by molar-refractivity contribution is 5.95. The smallest absolute Gasteiger partial charge is 0.340 e. The molecule has 0 spiro atoms. The Morgan fingerprint density at radius 2 is 1.94 bits per heavy atom. The second kappa shape index (κ2) is 6.78. The Hall–Kier alpha value is -1.71. The Morgan fingerprint density at radius 3 is 2.53 bits per heavy atom. The van der Waals surface area contributed by atoms with Gasteiger partial charge in [-0.15, -0.1) is 0 Å². The van der Waals surface area contributed by atoms with E-state index in [9.17, 15) is 4.79 Å². The molecule has 2 N–H and O–H groups in total. The van der Waals surface area contributed by atoms with E-state index in [0.29, 0.717) is 30.2 Å². The molecule has 0 bridgehead atoms. The normalized spacial score (nSPS) is 10.0. The monoisotopic (exact) mass is 237 g/mol. The maximum atomic E-state index is 11.6. The van der Waals surface area contributed by atoms with E-state index in [1.165, 1.54) is 0 Å². The highest BCUT2D eigenvalue weighted by Gasteiger charge is 2.11. The van der Waals surface area contributed by atoms with Crippen LogP contribution in [0.2, 0.25) is 0 Å². The molecule has 0 radical (unpaired) electrons. The number of carbonyl (C=O) groups excluding carboxylic acids is 1. The number of ether oxygens (including phenoxy) is 2. The number of hydrogen-bond acceptors (Lipinski definition) is 4. The molecule has 0 aliphatic heterocycles. The molecule has 17 heavy (non-hydrogen) atoms. The average molecular weight is 237 g/mol. The minimum Gasteiger partial charge on any atom is -0.494 e. The maximum Gasteiger partial charge on any atom is 0.340 e. The standard InChI is InChI=1S/C13H19NO3/c1-3-7-16-10-5-6-11(12(14)9-10)13(15)17-8-4-2/h5-6,9H,3-4,7-8,14H2,1-2H3. The summed E-state index contributed by atoms with van der Waals surface area (Å²) < 4.78 is 10.4. The van der Waals surface area contributed by atoms with Crippen LogP contribution in [-0.2, 0) is 4.74 Å². The zero-order valence-electron chi connectivity index (χ0n) is 10.4. The number of rotatable bonds is 6. The van der Waals surface area contributed by atoms with Gasteiger partial charge in [0.25, 0.3) is 0 Å². The van der Waals surface area contributed by atoms with Gasteiger partial charge in [-0.05, 0) is 25.0 Å². The van der Waals surface area contributed by atoms with E-state index in [4.69, 9.17) is 15.2 Å². The van der Waals surface area contributed by atoms with E-state index < -0.39 is 0 Å². The van der Waals surface area contributed by atoms with Gasteiger partial charge in [0.1, 0.15) is 5.75 Å². The van der Waals surface area contributed by atoms with Crippen LogP contribution in [0.4, 0.5) is 5.69 Å². The molecule has 0 saturated carbocycles. The van der Waals surface area contributed by atoms with Gasteiger partial charge in [-0.25, -0.2) is 4.79 Å². The van der Waals surface area contributed by atoms with Crippen molar-refractivity contribution in [3.05, 3.63) is 23.8 Å². The SMILES string of the molecule is CCCOC(=O)c1ccc(OCCC)cc1N. The van der Waals surface area contributed by atoms with Crippen LogP contribution in [0, 0.1) is 0 Å². The van der Waals surface area contributed by atoms with Crippen molar-refractivity contribution in [3.63, 3.8) is 0 Å². The Morgan fingerprint density at radius 1 is 1.24 bits per heavy atom. The third kappa shape index (κ3) is 3.98. The molecule has 0 aromatic heterocycles. The minimum absolute atomic E-state index is 0.383. The van der Waals surface area contributed by atoms with Gasteiger partial charge >= 0.3 is 5.97 Å². The number of benzene rings is 1. The summed E-state index contributed by atoms with van der Waals surface area (Å²) in [4.78, 5) is 11.6. The Kier molecular flexibility index (Phi) is 5.33. The van der Waals surface area contributed by atoms with E-state index >= 15 is 0 Å². The summed E-state index contributed by atoms with van der Waals surface area (Å²) >= 11 is 0. The fourth-order valence-electron chi connectivity index (χ4n) is 1.31. The second-order valence-corrected chi connectivity index (χ2v) is 3.73. The van der Waals surface area contributed by atoms with Crippen LogP contribution in [0.1, 0.15) is 37.0 Å². The Balaban J connectivity index is 2.71. The van der Waals surface area contributed by atoms with Crippen LogP contribution >= 0.6 is 0 Å². The molecule has 0 amide bonds. The molecule has 0 unspecified atom stereocenters. The van der Waals surface area contributed by atoms with Crippen LogP contribution in [0.3, 0.4) is 0 Å². The fraction of sp³-hybridized carbons (Fsp3) is 0.462. The van der Waals surface area contributed by atoms with Gasteiger partial charge in [0.05, 0.1) is 18.8 Å². The summed E-state index contributed by atoms with van der Waals surface area (Å²) in [7, 11) is 0. The van der Waals surface area contributed by atoms with Crippen molar-refractivity contribution in [1.29, 1.82) is 0 Å². The summed E-state index contributed by atoms with van der Waals surface area (Å²) in [5, 5.41) is 0. The number of esters is 1. The van der Waals surface area contributed by atoms with Crippen LogP contribution in [0.15, 0.2) is 18.2 Å². The van der Waals surface area contributed by atoms with Crippen molar-refractivity contribution in [1.82, 2.24) is 0 Å². The van der Waals surface area contributed by atoms with Crippen LogP contribution in [-0.4, -0.2) is 19.2 Å². The van der Waals surface area contributed by atoms with Gasteiger partial charge in [0.2, 0.25) is 0 Å². The van der Waals surface area contributed by atoms with E-state index in [0.717, 1.165) is 12.8 Å². The first-order valence-corrected chi connectivity index (χ1v) is 5.88. The number of anilines is 1. The molecule has 1 rings (SSSR count). The molecule has 0 atom stereocenters. The van der Waals surface area contributed by atoms with Crippen LogP contribution in [0.25, 0.3) is 0 Å². The molecule has 0 aliphatic carbocycles. The summed E-state index contributed by atoms with van der Waals surface area (Å²) in [5.41, 5.74) is 6.56. The van der Waals surface area contributed by atoms with Crippen molar-refractivity contribution in [2.24, 2.45) is 0 Å². The Labute approximate surface area is 102 Å². The number of nitrogen functional groups attached to an aromatic ring is 1. The fourth-order valence-corrected chi connectivity index (χ4v) is 1.31. The van der Waals surface area contributed by atoms with Gasteiger partial charge < -0.3 is 15.2 Å². The van der Waals surface area contributed by atoms with Crippen molar-refractivity contribution < 1.29 is 14.3 Å². The summed E-state index contributed by atoms with van der Waals surface area (Å²) in [6.45, 7) is 5.02. The molecule has 1 aromatic carbocycles. The lowest BCUT2D eigenvalue weighted by Gasteiger charge is -2.09.